The smallest absolute Gasteiger partial charge is 0.0644 e. The average molecular weight is 252 g/mol. The Bertz CT molecular complexity index is 725. The molecule has 0 aliphatic heterocycles. The third kappa shape index (κ3) is 2.00. The lowest BCUT2D eigenvalue weighted by atomic mass is 9.96. The van der Waals surface area contributed by atoms with E-state index in [2.05, 4.69) is 22.2 Å². The minimum Gasteiger partial charge on any atom is -0.320 e. The van der Waals surface area contributed by atoms with E-state index in [4.69, 9.17) is 5.73 Å². The van der Waals surface area contributed by atoms with Crippen LogP contribution in [0.2, 0.25) is 0 Å². The van der Waals surface area contributed by atoms with E-state index in [0.29, 0.717) is 0 Å². The number of rotatable bonds is 2. The summed E-state index contributed by atoms with van der Waals surface area (Å²) in [5.41, 5.74) is 9.52. The lowest BCUT2D eigenvalue weighted by molar-refractivity contribution is 0.756. The second kappa shape index (κ2) is 4.48. The van der Waals surface area contributed by atoms with E-state index in [0.717, 1.165) is 27.6 Å². The molecule has 0 saturated heterocycles. The van der Waals surface area contributed by atoms with E-state index >= 15 is 0 Å². The molecule has 2 N–H and O–H groups in total. The van der Waals surface area contributed by atoms with Crippen LogP contribution in [0.25, 0.3) is 10.8 Å². The van der Waals surface area contributed by atoms with Crippen LogP contribution in [0.3, 0.4) is 0 Å². The minimum absolute atomic E-state index is 0.179. The van der Waals surface area contributed by atoms with Crippen molar-refractivity contribution in [1.82, 2.24) is 14.8 Å². The van der Waals surface area contributed by atoms with Gasteiger partial charge in [0, 0.05) is 36.6 Å². The minimum atomic E-state index is -0.179. The molecule has 0 spiro atoms. The fraction of sp³-hybridized carbons (Fsp3) is 0.200. The SMILES string of the molecule is Cc1nn(C)cc1C(N)c1cccc2ccncc12. The van der Waals surface area contributed by atoms with Crippen molar-refractivity contribution in [3.8, 4) is 0 Å². The van der Waals surface area contributed by atoms with Crippen LogP contribution in [0.5, 0.6) is 0 Å². The molecule has 0 saturated carbocycles. The molecule has 4 nitrogen and oxygen atoms in total. The van der Waals surface area contributed by atoms with Crippen molar-refractivity contribution in [2.75, 3.05) is 0 Å². The fourth-order valence-electron chi connectivity index (χ4n) is 2.50. The van der Waals surface area contributed by atoms with Gasteiger partial charge in [0.05, 0.1) is 11.7 Å². The summed E-state index contributed by atoms with van der Waals surface area (Å²) in [5.74, 6) is 0. The van der Waals surface area contributed by atoms with Crippen molar-refractivity contribution < 1.29 is 0 Å². The van der Waals surface area contributed by atoms with Gasteiger partial charge in [-0.2, -0.15) is 5.10 Å². The summed E-state index contributed by atoms with van der Waals surface area (Å²) in [6.45, 7) is 1.98. The Labute approximate surface area is 111 Å². The van der Waals surface area contributed by atoms with Crippen LogP contribution in [0.15, 0.2) is 42.9 Å². The zero-order valence-electron chi connectivity index (χ0n) is 11.0. The predicted octanol–water partition coefficient (Wildman–Crippen LogP) is 2.32. The number of nitrogens with two attached hydrogens (primary N) is 1. The molecule has 1 atom stereocenters. The molecule has 2 heterocycles. The summed E-state index contributed by atoms with van der Waals surface area (Å²) in [6, 6.07) is 7.98. The molecule has 0 fully saturated rings. The topological polar surface area (TPSA) is 56.7 Å². The quantitative estimate of drug-likeness (QED) is 0.761. The number of benzene rings is 1. The first kappa shape index (κ1) is 11.9. The number of aryl methyl sites for hydroxylation is 2. The first-order valence-electron chi connectivity index (χ1n) is 6.25. The highest BCUT2D eigenvalue weighted by Crippen LogP contribution is 2.27. The number of aromatic nitrogens is 3. The predicted molar refractivity (Wildman–Crippen MR) is 75.7 cm³/mol. The van der Waals surface area contributed by atoms with Gasteiger partial charge < -0.3 is 5.73 Å². The van der Waals surface area contributed by atoms with Gasteiger partial charge in [-0.3, -0.25) is 9.67 Å². The van der Waals surface area contributed by atoms with Gasteiger partial charge in [-0.05, 0) is 23.9 Å². The van der Waals surface area contributed by atoms with Crippen molar-refractivity contribution in [3.05, 3.63) is 59.7 Å². The summed E-state index contributed by atoms with van der Waals surface area (Å²) in [6.07, 6.45) is 5.65. The molecule has 0 bridgehead atoms. The Morgan fingerprint density at radius 1 is 1.21 bits per heavy atom. The Morgan fingerprint density at radius 3 is 2.79 bits per heavy atom. The molecule has 19 heavy (non-hydrogen) atoms. The van der Waals surface area contributed by atoms with Crippen molar-refractivity contribution in [3.63, 3.8) is 0 Å². The molecule has 3 rings (SSSR count). The van der Waals surface area contributed by atoms with Crippen LogP contribution in [0, 0.1) is 6.92 Å². The van der Waals surface area contributed by atoms with Crippen molar-refractivity contribution in [2.45, 2.75) is 13.0 Å². The van der Waals surface area contributed by atoms with Gasteiger partial charge in [-0.1, -0.05) is 18.2 Å². The monoisotopic (exact) mass is 252 g/mol. The van der Waals surface area contributed by atoms with Crippen molar-refractivity contribution in [1.29, 1.82) is 0 Å². The standard InChI is InChI=1S/C15H16N4/c1-10-14(9-19(2)18-10)15(16)12-5-3-4-11-6-7-17-8-13(11)12/h3-9,15H,16H2,1-2H3. The maximum Gasteiger partial charge on any atom is 0.0644 e. The largest absolute Gasteiger partial charge is 0.320 e. The number of nitrogens with zero attached hydrogens (tertiary/aromatic N) is 3. The van der Waals surface area contributed by atoms with Crippen molar-refractivity contribution >= 4 is 10.8 Å². The summed E-state index contributed by atoms with van der Waals surface area (Å²) < 4.78 is 1.80. The zero-order chi connectivity index (χ0) is 13.4. The lowest BCUT2D eigenvalue weighted by Gasteiger charge is -2.13. The Kier molecular flexibility index (Phi) is 2.80. The van der Waals surface area contributed by atoms with Gasteiger partial charge in [0.2, 0.25) is 0 Å². The molecule has 1 unspecified atom stereocenters. The van der Waals surface area contributed by atoms with E-state index in [1.54, 1.807) is 10.9 Å². The average Bonchev–Trinajstić information content (AvgIpc) is 2.76. The van der Waals surface area contributed by atoms with Crippen LogP contribution < -0.4 is 5.73 Å². The molecule has 0 aliphatic carbocycles. The van der Waals surface area contributed by atoms with Gasteiger partial charge in [-0.15, -0.1) is 0 Å². The summed E-state index contributed by atoms with van der Waals surface area (Å²) in [5, 5.41) is 6.61. The third-order valence-corrected chi connectivity index (χ3v) is 3.44. The molecule has 0 radical (unpaired) electrons. The zero-order valence-corrected chi connectivity index (χ0v) is 11.0. The molecule has 96 valence electrons. The van der Waals surface area contributed by atoms with Gasteiger partial charge in [-0.25, -0.2) is 0 Å². The maximum absolute atomic E-state index is 6.42. The number of hydrogen-bond acceptors (Lipinski definition) is 3. The van der Waals surface area contributed by atoms with Crippen LogP contribution >= 0.6 is 0 Å². The highest BCUT2D eigenvalue weighted by Gasteiger charge is 2.16. The Morgan fingerprint density at radius 2 is 2.05 bits per heavy atom. The fourth-order valence-corrected chi connectivity index (χ4v) is 2.50. The molecule has 4 heteroatoms. The van der Waals surface area contributed by atoms with Crippen LogP contribution in [0.4, 0.5) is 0 Å². The Balaban J connectivity index is 2.16. The van der Waals surface area contributed by atoms with Gasteiger partial charge >= 0.3 is 0 Å². The molecular weight excluding hydrogens is 236 g/mol. The van der Waals surface area contributed by atoms with Gasteiger partial charge in [0.25, 0.3) is 0 Å². The van der Waals surface area contributed by atoms with E-state index in [1.807, 2.05) is 38.5 Å². The van der Waals surface area contributed by atoms with Crippen LogP contribution in [-0.4, -0.2) is 14.8 Å². The third-order valence-electron chi connectivity index (χ3n) is 3.44. The summed E-state index contributed by atoms with van der Waals surface area (Å²) in [4.78, 5) is 4.20. The molecular formula is C15H16N4. The highest BCUT2D eigenvalue weighted by atomic mass is 15.2. The molecule has 2 aromatic heterocycles. The van der Waals surface area contributed by atoms with Gasteiger partial charge in [0.15, 0.2) is 0 Å². The molecule has 3 aromatic rings. The second-order valence-electron chi connectivity index (χ2n) is 4.77. The van der Waals surface area contributed by atoms with Gasteiger partial charge in [0.1, 0.15) is 0 Å². The molecule has 0 aliphatic rings. The molecule has 0 amide bonds. The van der Waals surface area contributed by atoms with E-state index < -0.39 is 0 Å². The first-order chi connectivity index (χ1) is 9.16. The van der Waals surface area contributed by atoms with Crippen LogP contribution in [0.1, 0.15) is 22.9 Å². The normalized spacial score (nSPS) is 12.8. The number of pyridine rings is 1. The highest BCUT2D eigenvalue weighted by molar-refractivity contribution is 5.85. The molecule has 1 aromatic carbocycles. The second-order valence-corrected chi connectivity index (χ2v) is 4.77. The summed E-state index contributed by atoms with van der Waals surface area (Å²) in [7, 11) is 1.91. The first-order valence-corrected chi connectivity index (χ1v) is 6.25. The number of fused-ring (bicyclic) bond motifs is 1. The summed E-state index contributed by atoms with van der Waals surface area (Å²) >= 11 is 0. The lowest BCUT2D eigenvalue weighted by Crippen LogP contribution is -2.12. The van der Waals surface area contributed by atoms with E-state index in [9.17, 15) is 0 Å². The van der Waals surface area contributed by atoms with Crippen molar-refractivity contribution in [2.24, 2.45) is 12.8 Å². The maximum atomic E-state index is 6.42. The number of hydrogen-bond donors (Lipinski definition) is 1. The van der Waals surface area contributed by atoms with E-state index in [-0.39, 0.29) is 6.04 Å². The van der Waals surface area contributed by atoms with E-state index in [1.165, 1.54) is 0 Å². The van der Waals surface area contributed by atoms with Crippen LogP contribution in [-0.2, 0) is 7.05 Å². The Hall–Kier alpha value is -2.20.